The molecule has 13 heavy (non-hydrogen) atoms. The lowest BCUT2D eigenvalue weighted by Crippen LogP contribution is -2.10. The van der Waals surface area contributed by atoms with Crippen LogP contribution in [0.3, 0.4) is 0 Å². The zero-order valence-electron chi connectivity index (χ0n) is 6.87. The first-order valence-electron chi connectivity index (χ1n) is 3.33. The molecule has 0 aliphatic rings. The Kier molecular flexibility index (Phi) is 2.52. The standard InChI is InChI=1S/C7H8N2O3S/c1-12-3-2-4(6(8)10)13-5(3)7(9)11/h2H,1H3,(H2,8,10)(H2,9,11). The molecular weight excluding hydrogens is 192 g/mol. The fraction of sp³-hybridized carbons (Fsp3) is 0.143. The van der Waals surface area contributed by atoms with Crippen LogP contribution in [0.4, 0.5) is 0 Å². The van der Waals surface area contributed by atoms with Gasteiger partial charge in [0.25, 0.3) is 11.8 Å². The van der Waals surface area contributed by atoms with Crippen molar-refractivity contribution >= 4 is 23.2 Å². The highest BCUT2D eigenvalue weighted by atomic mass is 32.1. The Balaban J connectivity index is 3.19. The Morgan fingerprint density at radius 1 is 1.38 bits per heavy atom. The number of nitrogens with two attached hydrogens (primary N) is 2. The molecule has 0 unspecified atom stereocenters. The van der Waals surface area contributed by atoms with E-state index in [0.717, 1.165) is 11.3 Å². The Morgan fingerprint density at radius 2 is 2.00 bits per heavy atom. The largest absolute Gasteiger partial charge is 0.495 e. The van der Waals surface area contributed by atoms with Gasteiger partial charge in [0.15, 0.2) is 0 Å². The first kappa shape index (κ1) is 9.53. The summed E-state index contributed by atoms with van der Waals surface area (Å²) < 4.78 is 4.84. The van der Waals surface area contributed by atoms with E-state index in [1.54, 1.807) is 0 Å². The molecule has 0 fully saturated rings. The molecule has 70 valence electrons. The average molecular weight is 200 g/mol. The van der Waals surface area contributed by atoms with E-state index < -0.39 is 11.8 Å². The Labute approximate surface area is 78.3 Å². The van der Waals surface area contributed by atoms with E-state index >= 15 is 0 Å². The van der Waals surface area contributed by atoms with E-state index in [4.69, 9.17) is 16.2 Å². The Bertz CT molecular complexity index is 359. The molecule has 4 N–H and O–H groups in total. The van der Waals surface area contributed by atoms with E-state index in [2.05, 4.69) is 0 Å². The van der Waals surface area contributed by atoms with Crippen LogP contribution in [0.2, 0.25) is 0 Å². The number of carbonyl (C=O) groups is 2. The Morgan fingerprint density at radius 3 is 2.31 bits per heavy atom. The molecule has 0 aromatic carbocycles. The highest BCUT2D eigenvalue weighted by Crippen LogP contribution is 2.28. The molecule has 1 heterocycles. The van der Waals surface area contributed by atoms with Gasteiger partial charge < -0.3 is 16.2 Å². The van der Waals surface area contributed by atoms with Crippen LogP contribution in [0.25, 0.3) is 0 Å². The summed E-state index contributed by atoms with van der Waals surface area (Å²) in [5.41, 5.74) is 10.1. The third-order valence-electron chi connectivity index (χ3n) is 1.38. The summed E-state index contributed by atoms with van der Waals surface area (Å²) in [7, 11) is 1.39. The van der Waals surface area contributed by atoms with E-state index in [9.17, 15) is 9.59 Å². The fourth-order valence-corrected chi connectivity index (χ4v) is 1.65. The zero-order chi connectivity index (χ0) is 10.0. The maximum Gasteiger partial charge on any atom is 0.262 e. The van der Waals surface area contributed by atoms with Crippen molar-refractivity contribution in [1.82, 2.24) is 0 Å². The lowest BCUT2D eigenvalue weighted by atomic mass is 10.3. The van der Waals surface area contributed by atoms with Gasteiger partial charge in [0.2, 0.25) is 0 Å². The van der Waals surface area contributed by atoms with Crippen molar-refractivity contribution in [1.29, 1.82) is 0 Å². The topological polar surface area (TPSA) is 95.4 Å². The maximum absolute atomic E-state index is 10.8. The number of thiophene rings is 1. The molecule has 2 amide bonds. The number of amides is 2. The second-order valence-corrected chi connectivity index (χ2v) is 3.29. The number of ether oxygens (including phenoxy) is 1. The third-order valence-corrected chi connectivity index (χ3v) is 2.53. The summed E-state index contributed by atoms with van der Waals surface area (Å²) in [5.74, 6) is -0.948. The molecule has 6 heteroatoms. The normalized spacial score (nSPS) is 9.62. The van der Waals surface area contributed by atoms with Gasteiger partial charge in [0.05, 0.1) is 12.0 Å². The van der Waals surface area contributed by atoms with Crippen molar-refractivity contribution in [3.63, 3.8) is 0 Å². The lowest BCUT2D eigenvalue weighted by Gasteiger charge is -1.95. The number of hydrogen-bond donors (Lipinski definition) is 2. The predicted molar refractivity (Wildman–Crippen MR) is 47.9 cm³/mol. The number of carbonyl (C=O) groups excluding carboxylic acids is 2. The van der Waals surface area contributed by atoms with Crippen LogP contribution in [-0.4, -0.2) is 18.9 Å². The van der Waals surface area contributed by atoms with Crippen LogP contribution in [-0.2, 0) is 0 Å². The molecule has 1 aromatic rings. The van der Waals surface area contributed by atoms with E-state index in [0.29, 0.717) is 0 Å². The summed E-state index contributed by atoms with van der Waals surface area (Å²) in [6.07, 6.45) is 0. The minimum Gasteiger partial charge on any atom is -0.495 e. The highest BCUT2D eigenvalue weighted by molar-refractivity contribution is 7.16. The number of rotatable bonds is 3. The van der Waals surface area contributed by atoms with Gasteiger partial charge in [-0.3, -0.25) is 9.59 Å². The van der Waals surface area contributed by atoms with Crippen LogP contribution in [0.5, 0.6) is 5.75 Å². The van der Waals surface area contributed by atoms with Crippen molar-refractivity contribution in [2.45, 2.75) is 0 Å². The first-order chi connectivity index (χ1) is 6.06. The van der Waals surface area contributed by atoms with Crippen LogP contribution in [0, 0.1) is 0 Å². The van der Waals surface area contributed by atoms with Crippen molar-refractivity contribution in [2.24, 2.45) is 11.5 Å². The van der Waals surface area contributed by atoms with Crippen molar-refractivity contribution in [3.05, 3.63) is 15.8 Å². The summed E-state index contributed by atoms with van der Waals surface area (Å²) in [4.78, 5) is 22.0. The van der Waals surface area contributed by atoms with E-state index in [-0.39, 0.29) is 15.5 Å². The first-order valence-corrected chi connectivity index (χ1v) is 4.15. The summed E-state index contributed by atoms with van der Waals surface area (Å²) in [6.45, 7) is 0. The molecule has 0 aliphatic heterocycles. The van der Waals surface area contributed by atoms with Gasteiger partial charge in [-0.05, 0) is 0 Å². The Hall–Kier alpha value is -1.56. The van der Waals surface area contributed by atoms with Gasteiger partial charge in [-0.15, -0.1) is 11.3 Å². The SMILES string of the molecule is COc1cc(C(N)=O)sc1C(N)=O. The minimum atomic E-state index is -0.630. The van der Waals surface area contributed by atoms with E-state index in [1.807, 2.05) is 0 Å². The van der Waals surface area contributed by atoms with Crippen molar-refractivity contribution in [3.8, 4) is 5.75 Å². The van der Waals surface area contributed by atoms with Gasteiger partial charge in [0, 0.05) is 6.07 Å². The average Bonchev–Trinajstić information content (AvgIpc) is 2.47. The molecule has 5 nitrogen and oxygen atoms in total. The molecule has 0 saturated heterocycles. The van der Waals surface area contributed by atoms with Gasteiger partial charge in [-0.1, -0.05) is 0 Å². The lowest BCUT2D eigenvalue weighted by molar-refractivity contribution is 0.0994. The molecule has 0 radical (unpaired) electrons. The second-order valence-electron chi connectivity index (χ2n) is 2.24. The van der Waals surface area contributed by atoms with Gasteiger partial charge >= 0.3 is 0 Å². The molecular formula is C7H8N2O3S. The van der Waals surface area contributed by atoms with Crippen LogP contribution in [0.1, 0.15) is 19.3 Å². The third kappa shape index (κ3) is 1.78. The van der Waals surface area contributed by atoms with Crippen LogP contribution >= 0.6 is 11.3 Å². The smallest absolute Gasteiger partial charge is 0.262 e. The summed E-state index contributed by atoms with van der Waals surface area (Å²) >= 11 is 0.926. The number of hydrogen-bond acceptors (Lipinski definition) is 4. The molecule has 0 spiro atoms. The van der Waals surface area contributed by atoms with Gasteiger partial charge in [-0.2, -0.15) is 0 Å². The second kappa shape index (κ2) is 3.44. The van der Waals surface area contributed by atoms with Crippen LogP contribution < -0.4 is 16.2 Å². The molecule has 0 bridgehead atoms. The van der Waals surface area contributed by atoms with Crippen molar-refractivity contribution < 1.29 is 14.3 Å². The van der Waals surface area contributed by atoms with Crippen LogP contribution in [0.15, 0.2) is 6.07 Å². The summed E-state index contributed by atoms with van der Waals surface area (Å²) in [6, 6.07) is 1.40. The molecule has 0 aliphatic carbocycles. The molecule has 1 aromatic heterocycles. The number of methoxy groups -OCH3 is 1. The minimum absolute atomic E-state index is 0.205. The predicted octanol–water partition coefficient (Wildman–Crippen LogP) is -0.0455. The monoisotopic (exact) mass is 200 g/mol. The van der Waals surface area contributed by atoms with Gasteiger partial charge in [-0.25, -0.2) is 0 Å². The fourth-order valence-electron chi connectivity index (χ4n) is 0.819. The summed E-state index contributed by atoms with van der Waals surface area (Å²) in [5, 5.41) is 0. The van der Waals surface area contributed by atoms with Crippen molar-refractivity contribution in [2.75, 3.05) is 7.11 Å². The number of primary amides is 2. The molecule has 0 atom stereocenters. The van der Waals surface area contributed by atoms with E-state index in [1.165, 1.54) is 13.2 Å². The van der Waals surface area contributed by atoms with Gasteiger partial charge in [0.1, 0.15) is 10.6 Å². The zero-order valence-corrected chi connectivity index (χ0v) is 7.68. The molecule has 1 rings (SSSR count). The quantitative estimate of drug-likeness (QED) is 0.716. The maximum atomic E-state index is 10.8. The highest BCUT2D eigenvalue weighted by Gasteiger charge is 2.16. The molecule has 0 saturated carbocycles.